The van der Waals surface area contributed by atoms with Crippen molar-refractivity contribution in [2.24, 2.45) is 0 Å². The highest BCUT2D eigenvalue weighted by Crippen LogP contribution is 2.51. The van der Waals surface area contributed by atoms with Gasteiger partial charge < -0.3 is 67.8 Å². The number of alkyl halides is 8. The summed E-state index contributed by atoms with van der Waals surface area (Å²) in [6.45, 7) is 18.5. The number of aromatic nitrogens is 10. The van der Waals surface area contributed by atoms with Crippen molar-refractivity contribution in [3.8, 4) is 5.75 Å². The minimum atomic E-state index is -2.82. The number of carbonyl (C=O) groups excluding carboxylic acids is 5. The van der Waals surface area contributed by atoms with Gasteiger partial charge in [-0.25, -0.2) is 82.4 Å². The molecule has 30 nitrogen and oxygen atoms in total. The number of anilines is 8. The summed E-state index contributed by atoms with van der Waals surface area (Å²) in [4.78, 5) is 91.5. The number of fused-ring (bicyclic) bond motifs is 5. The quantitative estimate of drug-likeness (QED) is 0.0169. The first-order valence-corrected chi connectivity index (χ1v) is 48.0. The number of nitrogens with zero attached hydrogens (tertiary/aromatic N) is 14. The molecule has 8 fully saturated rings. The summed E-state index contributed by atoms with van der Waals surface area (Å²) in [5.41, 5.74) is -0.783. The van der Waals surface area contributed by atoms with Crippen molar-refractivity contribution in [1.29, 1.82) is 0 Å². The van der Waals surface area contributed by atoms with Crippen molar-refractivity contribution in [1.82, 2.24) is 47.8 Å². The van der Waals surface area contributed by atoms with Gasteiger partial charge in [0.1, 0.15) is 22.1 Å². The second-order valence-corrected chi connectivity index (χ2v) is 41.0. The molecule has 5 aliphatic carbocycles. The van der Waals surface area contributed by atoms with Crippen LogP contribution in [0.1, 0.15) is 226 Å². The summed E-state index contributed by atoms with van der Waals surface area (Å²) in [5.74, 6) is -14.3. The molecule has 5 aromatic heterocycles. The summed E-state index contributed by atoms with van der Waals surface area (Å²) in [6, 6.07) is 34.5. The van der Waals surface area contributed by atoms with Crippen LogP contribution in [0.2, 0.25) is 0 Å². The number of hydrogen-bond donors (Lipinski definition) is 10. The van der Waals surface area contributed by atoms with Crippen LogP contribution in [0.3, 0.4) is 0 Å². The fourth-order valence-corrected chi connectivity index (χ4v) is 18.8. The van der Waals surface area contributed by atoms with Gasteiger partial charge in [0.2, 0.25) is 59.3 Å². The first-order valence-electron chi connectivity index (χ1n) is 48.0. The zero-order valence-electron chi connectivity index (χ0n) is 80.9. The van der Waals surface area contributed by atoms with E-state index in [1.165, 1.54) is 60.6 Å². The number of carbonyl (C=O) groups is 5. The van der Waals surface area contributed by atoms with E-state index in [2.05, 4.69) is 56.3 Å². The van der Waals surface area contributed by atoms with E-state index in [4.69, 9.17) is 11.3 Å². The van der Waals surface area contributed by atoms with Crippen molar-refractivity contribution in [2.75, 3.05) is 87.2 Å². The number of benzene rings is 7. The third-order valence-corrected chi connectivity index (χ3v) is 26.8. The van der Waals surface area contributed by atoms with E-state index in [-0.39, 0.29) is 138 Å². The van der Waals surface area contributed by atoms with E-state index in [0.717, 1.165) is 77.0 Å². The highest BCUT2D eigenvalue weighted by molar-refractivity contribution is 5.98. The average Bonchev–Trinajstić information content (AvgIpc) is 1.57. The van der Waals surface area contributed by atoms with Gasteiger partial charge in [0.05, 0.1) is 163 Å². The number of aliphatic hydroxyl groups is 5. The summed E-state index contributed by atoms with van der Waals surface area (Å²) in [5, 5.41) is 64.5. The largest absolute Gasteiger partial charge is 0.491 e. The summed E-state index contributed by atoms with van der Waals surface area (Å²) >= 11 is 0. The molecule has 20 rings (SSSR count). The third kappa shape index (κ3) is 23.1. The van der Waals surface area contributed by atoms with Gasteiger partial charge in [-0.15, -0.1) is 0 Å². The first kappa shape index (κ1) is 104. The van der Waals surface area contributed by atoms with Crippen molar-refractivity contribution in [2.45, 2.75) is 266 Å². The van der Waals surface area contributed by atoms with Crippen LogP contribution in [0, 0.1) is 29.8 Å². The van der Waals surface area contributed by atoms with E-state index in [9.17, 15) is 89.0 Å². The predicted molar refractivity (Wildman–Crippen MR) is 519 cm³/mol. The molecule has 5 saturated carbocycles. The number of nitrogens with one attached hydrogen (secondary N) is 5. The van der Waals surface area contributed by atoms with Crippen LogP contribution in [-0.4, -0.2) is 189 Å². The molecule has 42 heteroatoms. The summed E-state index contributed by atoms with van der Waals surface area (Å²) in [7, 11) is 0. The second kappa shape index (κ2) is 40.1. The maximum absolute atomic E-state index is 15.5. The average molecular weight is 2010 g/mol. The second-order valence-electron chi connectivity index (χ2n) is 41.0. The molecule has 0 bridgehead atoms. The molecule has 5 amide bonds. The molecule has 144 heavy (non-hydrogen) atoms. The molecule has 3 aliphatic heterocycles. The number of ether oxygens (including phenoxy) is 1. The van der Waals surface area contributed by atoms with Crippen molar-refractivity contribution in [3.05, 3.63) is 173 Å². The number of halogens is 12. The predicted octanol–water partition coefficient (Wildman–Crippen LogP) is 19.7. The van der Waals surface area contributed by atoms with Gasteiger partial charge in [0, 0.05) is 43.1 Å². The highest BCUT2D eigenvalue weighted by atomic mass is 19.3. The molecule has 0 spiro atoms. The molecule has 8 aliphatic rings. The minimum absolute atomic E-state index is 0.00924. The Labute approximate surface area is 820 Å². The SMILES string of the molecule is CC(C)(O)CC(=O)Nc1nc2ccc(N3CC(F)(F)C3)c(F)c2n1C1CCC1.CCOc1ccc2nc(NC(=O)CC(C)(C)O)n(C3CCC3)c2c1F.C[C@@](O)(CC(=O)Nc1nc2ccc(N3CC(F)(F)C3)c(F)c2n1C1CCC1)c1ccccc1.C[C@@](O)(CC(=O)Nc1nc2ccc(N3CC(F)(F)C3)c(F)c2n1C1CCC1)c1ccccc1.[C-]#[N+]c1ccc2nc(NC(=O)CC(C)(C)O)n(C3CC(F)(F)C3)c2c1. The van der Waals surface area contributed by atoms with Crippen LogP contribution in [0.15, 0.2) is 127 Å². The molecule has 8 heterocycles. The van der Waals surface area contributed by atoms with Gasteiger partial charge in [-0.3, -0.25) is 50.6 Å². The Bertz CT molecular complexity index is 6660. The standard InChI is InChI=1S/2C24H25F3N4O2.C19H23F3N4O2.C18H24FN3O3.C17H18F2N4O2/c2*1-23(33,15-6-3-2-4-7-15)12-19(32)29-22-28-17-10-11-18(30-13-24(26,27)14-30)20(25)21(17)31(22)16-8-5-9-16;1-18(2,28)8-14(27)24-17-23-12-6-7-13(25-9-19(21,22)10-25)15(20)16(12)26(17)11-4-3-5-11;1-4-25-13-9-8-12-16(15(13)19)22(11-6-5-7-11)17(20-12)21-14(23)10-18(2,3)24;1-16(2,25)9-14(24)22-15-21-12-5-4-10(20-3)6-13(12)23(15)11-7-17(18,19)8-11/h2*2-4,6-7,10-11,16,33H,5,8-9,12-14H2,1H3,(H,28,29,32);6-7,11,28H,3-5,8-10H2,1-2H3,(H,23,24,27);8-9,11,24H,4-7,10H2,1-3H3,(H,20,21,23);4-6,11,25H,7-9H2,1-2H3,(H,21,22,24)/t2*23-;;;/m11.../s1. The zero-order valence-corrected chi connectivity index (χ0v) is 80.9. The summed E-state index contributed by atoms with van der Waals surface area (Å²) in [6.07, 6.45) is 9.27. The highest BCUT2D eigenvalue weighted by Gasteiger charge is 2.51. The molecule has 7 aromatic carbocycles. The number of hydrogen-bond acceptors (Lipinski definition) is 19. The van der Waals surface area contributed by atoms with Gasteiger partial charge >= 0.3 is 0 Å². The van der Waals surface area contributed by atoms with E-state index >= 15 is 13.2 Å². The minimum Gasteiger partial charge on any atom is -0.491 e. The van der Waals surface area contributed by atoms with Crippen LogP contribution in [0.4, 0.5) is 105 Å². The normalized spacial score (nSPS) is 18.4. The van der Waals surface area contributed by atoms with Crippen molar-refractivity contribution in [3.63, 3.8) is 0 Å². The van der Waals surface area contributed by atoms with Crippen LogP contribution in [0.25, 0.3) is 60.0 Å². The lowest BCUT2D eigenvalue weighted by Crippen LogP contribution is -2.56. The fourth-order valence-electron chi connectivity index (χ4n) is 18.8. The lowest BCUT2D eigenvalue weighted by atomic mass is 9.88. The van der Waals surface area contributed by atoms with Crippen LogP contribution >= 0.6 is 0 Å². The molecule has 0 unspecified atom stereocenters. The molecular formula is C102H115F12N19O11. The number of amides is 5. The number of imidazole rings is 5. The van der Waals surface area contributed by atoms with Gasteiger partial charge in [0.15, 0.2) is 34.7 Å². The van der Waals surface area contributed by atoms with E-state index in [1.54, 1.807) is 155 Å². The van der Waals surface area contributed by atoms with E-state index in [0.29, 0.717) is 68.0 Å². The summed E-state index contributed by atoms with van der Waals surface area (Å²) < 4.78 is 181. The Morgan fingerprint density at radius 3 is 0.924 bits per heavy atom. The Hall–Kier alpha value is -13.1. The molecule has 0 radical (unpaired) electrons. The van der Waals surface area contributed by atoms with E-state index in [1.807, 2.05) is 12.1 Å². The smallest absolute Gasteiger partial charge is 0.282 e. The molecule has 768 valence electrons. The first-order chi connectivity index (χ1) is 67.7. The molecule has 2 atom stereocenters. The lowest BCUT2D eigenvalue weighted by Gasteiger charge is -2.40. The zero-order chi connectivity index (χ0) is 104. The van der Waals surface area contributed by atoms with Gasteiger partial charge in [-0.2, -0.15) is 0 Å². The van der Waals surface area contributed by atoms with Crippen LogP contribution in [-0.2, 0) is 35.2 Å². The Balaban J connectivity index is 0.000000130. The number of rotatable bonds is 27. The van der Waals surface area contributed by atoms with Crippen LogP contribution in [0.5, 0.6) is 5.75 Å². The molecule has 10 N–H and O–H groups in total. The van der Waals surface area contributed by atoms with Gasteiger partial charge in [-0.05, 0) is 211 Å². The Morgan fingerprint density at radius 1 is 0.375 bits per heavy atom. The van der Waals surface area contributed by atoms with Gasteiger partial charge in [0.25, 0.3) is 23.7 Å². The monoisotopic (exact) mass is 2010 g/mol. The lowest BCUT2D eigenvalue weighted by molar-refractivity contribution is -0.121. The van der Waals surface area contributed by atoms with Crippen molar-refractivity contribution < 1.29 is 107 Å². The molecular weight excluding hydrogens is 1900 g/mol. The molecule has 3 saturated heterocycles. The van der Waals surface area contributed by atoms with Crippen molar-refractivity contribution >= 4 is 137 Å². The third-order valence-electron chi connectivity index (χ3n) is 26.8. The van der Waals surface area contributed by atoms with Gasteiger partial charge in [-0.1, -0.05) is 66.7 Å². The van der Waals surface area contributed by atoms with Crippen LogP contribution < -0.4 is 46.0 Å². The maximum atomic E-state index is 15.5. The van der Waals surface area contributed by atoms with E-state index < -0.39 is 144 Å². The molecule has 12 aromatic rings. The Kier molecular flexibility index (Phi) is 28.9. The fraction of sp³-hybridized carbons (Fsp3) is 0.480. The maximum Gasteiger partial charge on any atom is 0.282 e. The topological polar surface area (TPSA) is 359 Å². The Morgan fingerprint density at radius 2 is 0.653 bits per heavy atom.